The fourth-order valence-corrected chi connectivity index (χ4v) is 3.61. The molecule has 1 aliphatic heterocycles. The van der Waals surface area contributed by atoms with Crippen molar-refractivity contribution in [1.82, 2.24) is 0 Å². The van der Waals surface area contributed by atoms with E-state index in [-0.39, 0.29) is 12.2 Å². The van der Waals surface area contributed by atoms with Crippen LogP contribution in [0.4, 0.5) is 10.1 Å². The Hall–Kier alpha value is -3.83. The average molecular weight is 388 g/mol. The molecule has 0 radical (unpaired) electrons. The average Bonchev–Trinajstić information content (AvgIpc) is 2.85. The first-order chi connectivity index (χ1) is 14.1. The Morgan fingerprint density at radius 1 is 1.07 bits per heavy atom. The smallest absolute Gasteiger partial charge is 0.240 e. The zero-order chi connectivity index (χ0) is 20.4. The van der Waals surface area contributed by atoms with Crippen molar-refractivity contribution in [2.24, 2.45) is 5.11 Å². The van der Waals surface area contributed by atoms with Crippen LogP contribution in [-0.2, 0) is 11.3 Å². The minimum atomic E-state index is -1.08. The van der Waals surface area contributed by atoms with Gasteiger partial charge in [-0.1, -0.05) is 53.6 Å². The normalized spacial score (nSPS) is 15.0. The van der Waals surface area contributed by atoms with E-state index in [1.165, 1.54) is 11.0 Å². The van der Waals surface area contributed by atoms with Crippen molar-refractivity contribution in [2.45, 2.75) is 12.6 Å². The van der Waals surface area contributed by atoms with Crippen LogP contribution < -0.4 is 9.64 Å². The Kier molecular flexibility index (Phi) is 4.89. The van der Waals surface area contributed by atoms with Crippen LogP contribution in [0.3, 0.4) is 0 Å². The second-order valence-corrected chi connectivity index (χ2v) is 6.60. The maximum absolute atomic E-state index is 15.0. The highest BCUT2D eigenvalue weighted by atomic mass is 19.1. The number of azide groups is 1. The Labute approximate surface area is 166 Å². The number of carbonyl (C=O) groups is 1. The fraction of sp³-hybridized carbons (Fsp3) is 0.136. The lowest BCUT2D eigenvalue weighted by Gasteiger charge is -2.25. The molecular formula is C22H17FN4O2. The molecule has 1 aliphatic rings. The van der Waals surface area contributed by atoms with Gasteiger partial charge in [0.05, 0.1) is 19.3 Å². The van der Waals surface area contributed by atoms with E-state index in [0.717, 1.165) is 5.56 Å². The molecule has 29 heavy (non-hydrogen) atoms. The van der Waals surface area contributed by atoms with E-state index in [1.54, 1.807) is 49.6 Å². The summed E-state index contributed by atoms with van der Waals surface area (Å²) in [4.78, 5) is 17.6. The number of anilines is 1. The summed E-state index contributed by atoms with van der Waals surface area (Å²) in [6.07, 6.45) is 0. The van der Waals surface area contributed by atoms with Crippen LogP contribution in [0.15, 0.2) is 71.8 Å². The first-order valence-electron chi connectivity index (χ1n) is 9.00. The van der Waals surface area contributed by atoms with Crippen molar-refractivity contribution < 1.29 is 13.9 Å². The Balaban J connectivity index is 1.90. The van der Waals surface area contributed by atoms with Crippen molar-refractivity contribution in [3.63, 3.8) is 0 Å². The van der Waals surface area contributed by atoms with Gasteiger partial charge >= 0.3 is 0 Å². The number of rotatable bonds is 4. The van der Waals surface area contributed by atoms with Gasteiger partial charge in [0.1, 0.15) is 17.6 Å². The third-order valence-electron chi connectivity index (χ3n) is 4.97. The van der Waals surface area contributed by atoms with Crippen molar-refractivity contribution in [2.75, 3.05) is 12.0 Å². The molecule has 7 heteroatoms. The molecule has 1 unspecified atom stereocenters. The van der Waals surface area contributed by atoms with Crippen LogP contribution in [0.2, 0.25) is 0 Å². The molecular weight excluding hydrogens is 371 g/mol. The van der Waals surface area contributed by atoms with Crippen LogP contribution in [0.5, 0.6) is 5.75 Å². The molecule has 6 nitrogen and oxygen atoms in total. The van der Waals surface area contributed by atoms with Gasteiger partial charge in [0.2, 0.25) is 5.91 Å². The molecule has 0 aromatic heterocycles. The van der Waals surface area contributed by atoms with Gasteiger partial charge in [-0.3, -0.25) is 4.79 Å². The van der Waals surface area contributed by atoms with E-state index in [2.05, 4.69) is 10.0 Å². The van der Waals surface area contributed by atoms with Gasteiger partial charge < -0.3 is 9.64 Å². The number of methoxy groups -OCH3 is 1. The van der Waals surface area contributed by atoms with Crippen LogP contribution in [0.25, 0.3) is 21.6 Å². The van der Waals surface area contributed by atoms with Crippen molar-refractivity contribution in [3.05, 3.63) is 94.1 Å². The molecule has 1 atom stereocenters. The standard InChI is InChI=1S/C22H17FN4O2/c1-29-15-11-9-14(10-12-15)13-27-21-18(7-4-8-19(21)23)16-5-2-3-6-17(16)20(22(27)28)25-26-24/h2-12,20H,13H2,1H3. The van der Waals surface area contributed by atoms with Crippen molar-refractivity contribution in [3.8, 4) is 16.9 Å². The molecule has 4 rings (SSSR count). The Morgan fingerprint density at radius 2 is 1.79 bits per heavy atom. The van der Waals surface area contributed by atoms with Gasteiger partial charge in [-0.2, -0.15) is 0 Å². The molecule has 1 amide bonds. The summed E-state index contributed by atoms with van der Waals surface area (Å²) < 4.78 is 20.2. The van der Waals surface area contributed by atoms with Crippen molar-refractivity contribution >= 4 is 11.6 Å². The topological polar surface area (TPSA) is 78.3 Å². The minimum Gasteiger partial charge on any atom is -0.497 e. The molecule has 0 aliphatic carbocycles. The molecule has 1 heterocycles. The van der Waals surface area contributed by atoms with Crippen molar-refractivity contribution in [1.29, 1.82) is 0 Å². The highest BCUT2D eigenvalue weighted by Gasteiger charge is 2.35. The number of benzene rings is 3. The zero-order valence-electron chi connectivity index (χ0n) is 15.6. The summed E-state index contributed by atoms with van der Waals surface area (Å²) in [7, 11) is 1.57. The third kappa shape index (κ3) is 3.28. The maximum atomic E-state index is 15.0. The number of hydrogen-bond acceptors (Lipinski definition) is 3. The summed E-state index contributed by atoms with van der Waals surface area (Å²) in [5.41, 5.74) is 11.8. The predicted molar refractivity (Wildman–Crippen MR) is 108 cm³/mol. The fourth-order valence-electron chi connectivity index (χ4n) is 3.61. The second kappa shape index (κ2) is 7.66. The minimum absolute atomic E-state index is 0.127. The molecule has 3 aromatic carbocycles. The summed E-state index contributed by atoms with van der Waals surface area (Å²) in [5.74, 6) is -0.308. The summed E-state index contributed by atoms with van der Waals surface area (Å²) in [6, 6.07) is 17.9. The summed E-state index contributed by atoms with van der Waals surface area (Å²) >= 11 is 0. The van der Waals surface area contributed by atoms with E-state index in [1.807, 2.05) is 18.2 Å². The molecule has 0 N–H and O–H groups in total. The lowest BCUT2D eigenvalue weighted by molar-refractivity contribution is -0.120. The lowest BCUT2D eigenvalue weighted by Crippen LogP contribution is -2.34. The molecule has 0 saturated heterocycles. The number of fused-ring (bicyclic) bond motifs is 3. The molecule has 0 bridgehead atoms. The number of carbonyl (C=O) groups excluding carboxylic acids is 1. The van der Waals surface area contributed by atoms with Gasteiger partial charge in [0.25, 0.3) is 0 Å². The monoisotopic (exact) mass is 388 g/mol. The van der Waals surface area contributed by atoms with Gasteiger partial charge in [0, 0.05) is 10.5 Å². The van der Waals surface area contributed by atoms with Crippen LogP contribution in [0, 0.1) is 5.82 Å². The zero-order valence-corrected chi connectivity index (χ0v) is 15.6. The van der Waals surface area contributed by atoms with Gasteiger partial charge in [0.15, 0.2) is 0 Å². The highest BCUT2D eigenvalue weighted by Crippen LogP contribution is 2.43. The molecule has 0 saturated carbocycles. The van der Waals surface area contributed by atoms with E-state index in [4.69, 9.17) is 10.3 Å². The first kappa shape index (κ1) is 18.5. The van der Waals surface area contributed by atoms with Crippen LogP contribution >= 0.6 is 0 Å². The number of hydrogen-bond donors (Lipinski definition) is 0. The summed E-state index contributed by atoms with van der Waals surface area (Å²) in [5, 5.41) is 3.74. The highest BCUT2D eigenvalue weighted by molar-refractivity contribution is 6.05. The van der Waals surface area contributed by atoms with E-state index in [9.17, 15) is 9.18 Å². The largest absolute Gasteiger partial charge is 0.497 e. The maximum Gasteiger partial charge on any atom is 0.240 e. The van der Waals surface area contributed by atoms with E-state index >= 15 is 0 Å². The molecule has 3 aromatic rings. The first-order valence-corrected chi connectivity index (χ1v) is 9.00. The Bertz CT molecular complexity index is 1120. The third-order valence-corrected chi connectivity index (χ3v) is 4.97. The van der Waals surface area contributed by atoms with E-state index in [0.29, 0.717) is 22.4 Å². The number of amides is 1. The quantitative estimate of drug-likeness (QED) is 0.341. The van der Waals surface area contributed by atoms with Crippen LogP contribution in [0.1, 0.15) is 17.2 Å². The van der Waals surface area contributed by atoms with Gasteiger partial charge in [-0.05, 0) is 40.4 Å². The van der Waals surface area contributed by atoms with Gasteiger partial charge in [-0.15, -0.1) is 0 Å². The number of para-hydroxylation sites is 1. The van der Waals surface area contributed by atoms with E-state index < -0.39 is 17.8 Å². The number of nitrogens with zero attached hydrogens (tertiary/aromatic N) is 4. The lowest BCUT2D eigenvalue weighted by atomic mass is 9.95. The number of halogens is 1. The van der Waals surface area contributed by atoms with Gasteiger partial charge in [-0.25, -0.2) is 4.39 Å². The Morgan fingerprint density at radius 3 is 2.52 bits per heavy atom. The number of ether oxygens (including phenoxy) is 1. The molecule has 144 valence electrons. The summed E-state index contributed by atoms with van der Waals surface area (Å²) in [6.45, 7) is 0.127. The molecule has 0 fully saturated rings. The second-order valence-electron chi connectivity index (χ2n) is 6.60. The van der Waals surface area contributed by atoms with Crippen LogP contribution in [-0.4, -0.2) is 13.0 Å². The SMILES string of the molecule is COc1ccc(CN2C(=O)C(N=[N+]=[N-])c3ccccc3-c3cccc(F)c32)cc1. The predicted octanol–water partition coefficient (Wildman–Crippen LogP) is 5.40. The molecule has 0 spiro atoms.